The summed E-state index contributed by atoms with van der Waals surface area (Å²) >= 11 is 0. The summed E-state index contributed by atoms with van der Waals surface area (Å²) in [6.07, 6.45) is 1.14. The third-order valence-electron chi connectivity index (χ3n) is 5.71. The van der Waals surface area contributed by atoms with E-state index in [1.165, 1.54) is 12.1 Å². The molecule has 0 amide bonds. The molecule has 28 heavy (non-hydrogen) atoms. The summed E-state index contributed by atoms with van der Waals surface area (Å²) in [4.78, 5) is 13.3. The zero-order chi connectivity index (χ0) is 19.3. The van der Waals surface area contributed by atoms with Gasteiger partial charge >= 0.3 is 0 Å². The number of rotatable bonds is 2. The summed E-state index contributed by atoms with van der Waals surface area (Å²) in [7, 11) is 0. The second-order valence-electron chi connectivity index (χ2n) is 7.46. The van der Waals surface area contributed by atoms with Crippen molar-refractivity contribution in [1.29, 1.82) is 0 Å². The standard InChI is InChI=1S/C23H19FN2O2/c1-13-20-21(15-8-5-9-17(24)10-15)22-18(25-23(20)28-26-13)11-16(12-19(22)27)14-6-3-2-4-7-14/h2-10,16,21,25H,11-12H2,1H3/t16-,21-/m0/s1. The maximum Gasteiger partial charge on any atom is 0.233 e. The topological polar surface area (TPSA) is 55.1 Å². The predicted molar refractivity (Wildman–Crippen MR) is 104 cm³/mol. The number of benzene rings is 2. The van der Waals surface area contributed by atoms with Crippen LogP contribution in [0.15, 0.2) is 70.4 Å². The summed E-state index contributed by atoms with van der Waals surface area (Å²) in [5, 5.41) is 7.39. The lowest BCUT2D eigenvalue weighted by Crippen LogP contribution is -2.29. The van der Waals surface area contributed by atoms with Crippen LogP contribution in [0.25, 0.3) is 0 Å². The van der Waals surface area contributed by atoms with Gasteiger partial charge in [0.1, 0.15) is 5.82 Å². The Balaban J connectivity index is 1.64. The van der Waals surface area contributed by atoms with E-state index in [2.05, 4.69) is 22.6 Å². The van der Waals surface area contributed by atoms with E-state index in [0.29, 0.717) is 30.0 Å². The van der Waals surface area contributed by atoms with Crippen molar-refractivity contribution >= 4 is 11.7 Å². The first-order valence-corrected chi connectivity index (χ1v) is 9.41. The molecule has 5 rings (SSSR count). The van der Waals surface area contributed by atoms with Crippen LogP contribution in [0.4, 0.5) is 10.3 Å². The first-order chi connectivity index (χ1) is 13.6. The number of halogens is 1. The Bertz CT molecular complexity index is 1100. The van der Waals surface area contributed by atoms with Gasteiger partial charge < -0.3 is 9.84 Å². The molecule has 0 radical (unpaired) electrons. The molecule has 2 aromatic carbocycles. The Morgan fingerprint density at radius 2 is 1.86 bits per heavy atom. The van der Waals surface area contributed by atoms with Crippen LogP contribution < -0.4 is 5.32 Å². The van der Waals surface area contributed by atoms with E-state index in [9.17, 15) is 9.18 Å². The van der Waals surface area contributed by atoms with Crippen molar-refractivity contribution in [3.05, 3.63) is 94.1 Å². The number of carbonyl (C=O) groups is 1. The third-order valence-corrected chi connectivity index (χ3v) is 5.71. The summed E-state index contributed by atoms with van der Waals surface area (Å²) in [6.45, 7) is 1.85. The minimum absolute atomic E-state index is 0.0862. The van der Waals surface area contributed by atoms with Crippen LogP contribution in [-0.4, -0.2) is 10.9 Å². The molecule has 2 heterocycles. The van der Waals surface area contributed by atoms with Gasteiger partial charge in [0.05, 0.1) is 11.3 Å². The lowest BCUT2D eigenvalue weighted by molar-refractivity contribution is -0.116. The molecule has 1 aromatic heterocycles. The van der Waals surface area contributed by atoms with Crippen molar-refractivity contribution in [3.63, 3.8) is 0 Å². The molecule has 0 saturated heterocycles. The predicted octanol–water partition coefficient (Wildman–Crippen LogP) is 5.08. The summed E-state index contributed by atoms with van der Waals surface area (Å²) < 4.78 is 19.5. The van der Waals surface area contributed by atoms with E-state index >= 15 is 0 Å². The maximum absolute atomic E-state index is 14.0. The van der Waals surface area contributed by atoms with Crippen LogP contribution >= 0.6 is 0 Å². The van der Waals surface area contributed by atoms with Crippen LogP contribution in [0.3, 0.4) is 0 Å². The molecule has 0 fully saturated rings. The molecule has 4 nitrogen and oxygen atoms in total. The van der Waals surface area contributed by atoms with Crippen molar-refractivity contribution in [2.24, 2.45) is 0 Å². The van der Waals surface area contributed by atoms with Gasteiger partial charge in [-0.25, -0.2) is 4.39 Å². The number of ketones is 1. The summed E-state index contributed by atoms with van der Waals surface area (Å²) in [5.41, 5.74) is 4.97. The Morgan fingerprint density at radius 3 is 2.64 bits per heavy atom. The number of anilines is 1. The van der Waals surface area contributed by atoms with E-state index in [0.717, 1.165) is 22.4 Å². The number of hydrogen-bond donors (Lipinski definition) is 1. The fraction of sp³-hybridized carbons (Fsp3) is 0.217. The summed E-state index contributed by atoms with van der Waals surface area (Å²) in [6, 6.07) is 16.5. The number of allylic oxidation sites excluding steroid dienone is 2. The summed E-state index contributed by atoms with van der Waals surface area (Å²) in [5.74, 6) is 0.0606. The highest BCUT2D eigenvalue weighted by Crippen LogP contribution is 2.48. The lowest BCUT2D eigenvalue weighted by atomic mass is 9.72. The molecular formula is C23H19FN2O2. The molecule has 2 aliphatic rings. The third kappa shape index (κ3) is 2.66. The average Bonchev–Trinajstić information content (AvgIpc) is 3.07. The molecule has 2 atom stereocenters. The van der Waals surface area contributed by atoms with Gasteiger partial charge in [-0.05, 0) is 42.5 Å². The first-order valence-electron chi connectivity index (χ1n) is 9.41. The zero-order valence-electron chi connectivity index (χ0n) is 15.4. The van der Waals surface area contributed by atoms with Crippen molar-refractivity contribution < 1.29 is 13.7 Å². The van der Waals surface area contributed by atoms with E-state index in [1.807, 2.05) is 31.2 Å². The molecule has 1 aliphatic heterocycles. The molecule has 0 unspecified atom stereocenters. The molecule has 1 aliphatic carbocycles. The van der Waals surface area contributed by atoms with Gasteiger partial charge in [-0.1, -0.05) is 47.6 Å². The zero-order valence-corrected chi connectivity index (χ0v) is 15.4. The van der Waals surface area contributed by atoms with E-state index < -0.39 is 0 Å². The smallest absolute Gasteiger partial charge is 0.233 e. The van der Waals surface area contributed by atoms with Crippen molar-refractivity contribution in [1.82, 2.24) is 5.16 Å². The van der Waals surface area contributed by atoms with Gasteiger partial charge in [-0.2, -0.15) is 0 Å². The molecule has 3 aromatic rings. The van der Waals surface area contributed by atoms with E-state index in [1.54, 1.807) is 6.07 Å². The normalized spacial score (nSPS) is 21.1. The number of fused-ring (bicyclic) bond motifs is 1. The van der Waals surface area contributed by atoms with E-state index in [4.69, 9.17) is 4.52 Å². The van der Waals surface area contributed by atoms with Crippen LogP contribution in [0.5, 0.6) is 0 Å². The minimum Gasteiger partial charge on any atom is -0.338 e. The Morgan fingerprint density at radius 1 is 1.07 bits per heavy atom. The maximum atomic E-state index is 14.0. The van der Waals surface area contributed by atoms with Crippen LogP contribution in [0.1, 0.15) is 47.1 Å². The monoisotopic (exact) mass is 374 g/mol. The number of nitrogens with one attached hydrogen (secondary N) is 1. The Kier molecular flexibility index (Phi) is 3.90. The van der Waals surface area contributed by atoms with Crippen LogP contribution in [0, 0.1) is 12.7 Å². The molecule has 5 heteroatoms. The van der Waals surface area contributed by atoms with Crippen molar-refractivity contribution in [2.45, 2.75) is 31.6 Å². The second-order valence-corrected chi connectivity index (χ2v) is 7.46. The number of aryl methyl sites for hydroxylation is 1. The number of carbonyl (C=O) groups excluding carboxylic acids is 1. The van der Waals surface area contributed by atoms with Gasteiger partial charge in [0.25, 0.3) is 0 Å². The quantitative estimate of drug-likeness (QED) is 0.680. The highest BCUT2D eigenvalue weighted by atomic mass is 19.1. The number of Topliss-reactive ketones (excluding diaryl/α,β-unsaturated/α-hetero) is 1. The molecule has 1 N–H and O–H groups in total. The molecule has 0 bridgehead atoms. The Hall–Kier alpha value is -3.21. The van der Waals surface area contributed by atoms with Crippen LogP contribution in [0.2, 0.25) is 0 Å². The largest absolute Gasteiger partial charge is 0.338 e. The second kappa shape index (κ2) is 6.44. The van der Waals surface area contributed by atoms with Gasteiger partial charge in [0.15, 0.2) is 5.78 Å². The van der Waals surface area contributed by atoms with Gasteiger partial charge in [-0.15, -0.1) is 0 Å². The highest BCUT2D eigenvalue weighted by molar-refractivity contribution is 6.01. The fourth-order valence-corrected chi connectivity index (χ4v) is 4.45. The van der Waals surface area contributed by atoms with Gasteiger partial charge in [0, 0.05) is 23.6 Å². The number of nitrogens with zero attached hydrogens (tertiary/aromatic N) is 1. The van der Waals surface area contributed by atoms with Crippen molar-refractivity contribution in [3.8, 4) is 0 Å². The van der Waals surface area contributed by atoms with Crippen molar-refractivity contribution in [2.75, 3.05) is 5.32 Å². The molecular weight excluding hydrogens is 355 g/mol. The molecule has 0 saturated carbocycles. The van der Waals surface area contributed by atoms with Gasteiger partial charge in [0.2, 0.25) is 5.88 Å². The molecule has 140 valence electrons. The number of aromatic nitrogens is 1. The first kappa shape index (κ1) is 16.9. The average molecular weight is 374 g/mol. The SMILES string of the molecule is Cc1noc2c1[C@H](c1cccc(F)c1)C1=C(C[C@H](c3ccccc3)CC1=O)N2. The molecule has 0 spiro atoms. The Labute approximate surface area is 162 Å². The van der Waals surface area contributed by atoms with Crippen LogP contribution in [-0.2, 0) is 4.79 Å². The highest BCUT2D eigenvalue weighted by Gasteiger charge is 2.41. The van der Waals surface area contributed by atoms with Gasteiger partial charge in [-0.3, -0.25) is 4.79 Å². The van der Waals surface area contributed by atoms with E-state index in [-0.39, 0.29) is 23.4 Å². The number of hydrogen-bond acceptors (Lipinski definition) is 4. The minimum atomic E-state index is -0.363. The fourth-order valence-electron chi connectivity index (χ4n) is 4.45. The lowest BCUT2D eigenvalue weighted by Gasteiger charge is -2.34.